The van der Waals surface area contributed by atoms with Crippen LogP contribution in [0.1, 0.15) is 46.5 Å². The second-order valence-corrected chi connectivity index (χ2v) is 8.32. The summed E-state index contributed by atoms with van der Waals surface area (Å²) in [6.45, 7) is 8.95. The Bertz CT molecular complexity index is 752. The number of aliphatic hydroxyl groups is 2. The third-order valence-electron chi connectivity index (χ3n) is 6.24. The summed E-state index contributed by atoms with van der Waals surface area (Å²) in [7, 11) is 0. The van der Waals surface area contributed by atoms with Crippen molar-refractivity contribution in [2.24, 2.45) is 5.92 Å². The van der Waals surface area contributed by atoms with Crippen LogP contribution < -0.4 is 0 Å². The van der Waals surface area contributed by atoms with E-state index < -0.39 is 35.8 Å². The van der Waals surface area contributed by atoms with Crippen LogP contribution in [0.15, 0.2) is 35.5 Å². The Morgan fingerprint density at radius 3 is 2.72 bits per heavy atom. The number of aliphatic hydroxyl groups excluding tert-OH is 2. The van der Waals surface area contributed by atoms with Gasteiger partial charge in [-0.25, -0.2) is 4.79 Å². The highest BCUT2D eigenvalue weighted by molar-refractivity contribution is 5.91. The number of epoxide rings is 1. The first-order valence-electron chi connectivity index (χ1n) is 10.0. The second kappa shape index (κ2) is 8.42. The molecule has 0 radical (unpaired) electrons. The van der Waals surface area contributed by atoms with E-state index in [0.29, 0.717) is 36.8 Å². The molecule has 0 bridgehead atoms. The SMILES string of the molecule is C=C1C(=O)O[C@@H]2[C@@H]1C[C@H]1O[C@]1(COC(C)=O)CC/C=C(/C)[C@@H](O)C/C=C(\C)[C@H]2O. The van der Waals surface area contributed by atoms with Gasteiger partial charge in [0.25, 0.3) is 0 Å². The molecule has 2 heterocycles. The van der Waals surface area contributed by atoms with Gasteiger partial charge in [0.2, 0.25) is 0 Å². The average molecular weight is 406 g/mol. The molecule has 0 saturated carbocycles. The minimum absolute atomic E-state index is 0.128. The van der Waals surface area contributed by atoms with Crippen molar-refractivity contribution < 1.29 is 34.0 Å². The third-order valence-corrected chi connectivity index (χ3v) is 6.24. The van der Waals surface area contributed by atoms with Crippen LogP contribution in [0.5, 0.6) is 0 Å². The van der Waals surface area contributed by atoms with E-state index in [4.69, 9.17) is 14.2 Å². The van der Waals surface area contributed by atoms with E-state index in [1.165, 1.54) is 6.92 Å². The number of carbonyl (C=O) groups is 2. The summed E-state index contributed by atoms with van der Waals surface area (Å²) in [5.41, 5.74) is 1.15. The molecular formula is C22H30O7. The molecule has 1 aliphatic carbocycles. The minimum atomic E-state index is -0.996. The van der Waals surface area contributed by atoms with E-state index in [9.17, 15) is 19.8 Å². The fourth-order valence-corrected chi connectivity index (χ4v) is 4.12. The van der Waals surface area contributed by atoms with Gasteiger partial charge >= 0.3 is 11.9 Å². The lowest BCUT2D eigenvalue weighted by atomic mass is 9.83. The van der Waals surface area contributed by atoms with E-state index >= 15 is 0 Å². The molecule has 2 N–H and O–H groups in total. The Morgan fingerprint density at radius 2 is 2.03 bits per heavy atom. The Balaban J connectivity index is 1.88. The average Bonchev–Trinajstić information content (AvgIpc) is 3.29. The predicted octanol–water partition coefficient (Wildman–Crippen LogP) is 1.97. The quantitative estimate of drug-likeness (QED) is 0.313. The van der Waals surface area contributed by atoms with E-state index in [0.717, 1.165) is 5.57 Å². The van der Waals surface area contributed by atoms with Crippen LogP contribution in [0.4, 0.5) is 0 Å². The van der Waals surface area contributed by atoms with Crippen LogP contribution in [-0.4, -0.2) is 58.8 Å². The van der Waals surface area contributed by atoms with Crippen molar-refractivity contribution in [1.82, 2.24) is 0 Å². The maximum Gasteiger partial charge on any atom is 0.334 e. The molecular weight excluding hydrogens is 376 g/mol. The summed E-state index contributed by atoms with van der Waals surface area (Å²) in [6.07, 6.45) is 3.18. The summed E-state index contributed by atoms with van der Waals surface area (Å²) in [4.78, 5) is 23.5. The minimum Gasteiger partial charge on any atom is -0.463 e. The molecule has 3 rings (SSSR count). The van der Waals surface area contributed by atoms with Crippen molar-refractivity contribution in [2.45, 2.75) is 76.5 Å². The Morgan fingerprint density at radius 1 is 1.31 bits per heavy atom. The Hall–Kier alpha value is -1.96. The first-order chi connectivity index (χ1) is 13.6. The molecule has 0 aromatic heterocycles. The summed E-state index contributed by atoms with van der Waals surface area (Å²) in [5.74, 6) is -1.29. The topological polar surface area (TPSA) is 106 Å². The number of esters is 2. The van der Waals surface area contributed by atoms with Crippen LogP contribution in [0, 0.1) is 5.92 Å². The lowest BCUT2D eigenvalue weighted by molar-refractivity contribution is -0.143. The van der Waals surface area contributed by atoms with Gasteiger partial charge in [-0.05, 0) is 50.7 Å². The smallest absolute Gasteiger partial charge is 0.334 e. The standard InChI is InChI=1S/C22H30O7/c1-12-6-5-9-22(11-27-15(4)23)18(29-22)10-16-14(3)21(26)28-20(16)19(25)13(2)7-8-17(12)24/h6-7,16-20,24-25H,3,5,8-11H2,1-2,4H3/b12-6-,13-7+/t16-,17+,18-,19-,20-,22+/m1/s1. The van der Waals surface area contributed by atoms with Crippen molar-refractivity contribution in [3.05, 3.63) is 35.5 Å². The predicted molar refractivity (Wildman–Crippen MR) is 105 cm³/mol. The van der Waals surface area contributed by atoms with Crippen LogP contribution >= 0.6 is 0 Å². The van der Waals surface area contributed by atoms with Gasteiger partial charge in [-0.3, -0.25) is 4.79 Å². The molecule has 6 atom stereocenters. The van der Waals surface area contributed by atoms with Gasteiger partial charge in [0.1, 0.15) is 24.4 Å². The number of fused-ring (bicyclic) bond motifs is 2. The monoisotopic (exact) mass is 406 g/mol. The third kappa shape index (κ3) is 4.63. The van der Waals surface area contributed by atoms with Gasteiger partial charge < -0.3 is 24.4 Å². The molecule has 160 valence electrons. The summed E-state index contributed by atoms with van der Waals surface area (Å²) in [5, 5.41) is 21.2. The molecule has 7 nitrogen and oxygen atoms in total. The second-order valence-electron chi connectivity index (χ2n) is 8.32. The number of carbonyl (C=O) groups excluding carboxylic acids is 2. The fraction of sp³-hybridized carbons (Fsp3) is 0.636. The molecule has 2 saturated heterocycles. The van der Waals surface area contributed by atoms with Crippen molar-refractivity contribution in [1.29, 1.82) is 0 Å². The normalized spacial score (nSPS) is 41.6. The first kappa shape index (κ1) is 21.7. The van der Waals surface area contributed by atoms with Crippen LogP contribution in [-0.2, 0) is 23.8 Å². The summed E-state index contributed by atoms with van der Waals surface area (Å²) >= 11 is 0. The molecule has 7 heteroatoms. The molecule has 29 heavy (non-hydrogen) atoms. The van der Waals surface area contributed by atoms with Gasteiger partial charge in [0, 0.05) is 18.4 Å². The number of allylic oxidation sites excluding steroid dienone is 1. The molecule has 0 amide bonds. The van der Waals surface area contributed by atoms with E-state index in [2.05, 4.69) is 6.58 Å². The number of ether oxygens (including phenoxy) is 3. The molecule has 3 aliphatic rings. The van der Waals surface area contributed by atoms with Crippen LogP contribution in [0.3, 0.4) is 0 Å². The molecule has 0 aromatic rings. The van der Waals surface area contributed by atoms with E-state index in [1.807, 2.05) is 13.0 Å². The Labute approximate surface area is 171 Å². The zero-order valence-corrected chi connectivity index (χ0v) is 17.2. The van der Waals surface area contributed by atoms with Crippen molar-refractivity contribution in [3.8, 4) is 0 Å². The lowest BCUT2D eigenvalue weighted by Gasteiger charge is -2.24. The van der Waals surface area contributed by atoms with Gasteiger partial charge in [-0.2, -0.15) is 0 Å². The van der Waals surface area contributed by atoms with E-state index in [1.54, 1.807) is 13.0 Å². The highest BCUT2D eigenvalue weighted by Crippen LogP contribution is 2.48. The number of hydrogen-bond acceptors (Lipinski definition) is 7. The largest absolute Gasteiger partial charge is 0.463 e. The summed E-state index contributed by atoms with van der Waals surface area (Å²) in [6, 6.07) is 0. The number of rotatable bonds is 2. The molecule has 2 fully saturated rings. The zero-order valence-electron chi connectivity index (χ0n) is 17.2. The van der Waals surface area contributed by atoms with Crippen LogP contribution in [0.2, 0.25) is 0 Å². The molecule has 0 unspecified atom stereocenters. The van der Waals surface area contributed by atoms with Crippen LogP contribution in [0.25, 0.3) is 0 Å². The van der Waals surface area contributed by atoms with Gasteiger partial charge in [0.15, 0.2) is 0 Å². The highest BCUT2D eigenvalue weighted by Gasteiger charge is 2.59. The van der Waals surface area contributed by atoms with Gasteiger partial charge in [-0.1, -0.05) is 18.7 Å². The number of hydrogen-bond donors (Lipinski definition) is 2. The lowest BCUT2D eigenvalue weighted by Crippen LogP contribution is -2.34. The van der Waals surface area contributed by atoms with Gasteiger partial charge in [-0.15, -0.1) is 0 Å². The molecule has 2 aliphatic heterocycles. The maximum absolute atomic E-state index is 12.1. The molecule has 0 aromatic carbocycles. The highest BCUT2D eigenvalue weighted by atomic mass is 16.6. The van der Waals surface area contributed by atoms with Crippen molar-refractivity contribution in [3.63, 3.8) is 0 Å². The van der Waals surface area contributed by atoms with Crippen molar-refractivity contribution >= 4 is 11.9 Å². The summed E-state index contributed by atoms with van der Waals surface area (Å²) < 4.78 is 16.6. The van der Waals surface area contributed by atoms with Gasteiger partial charge in [0.05, 0.1) is 12.2 Å². The fourth-order valence-electron chi connectivity index (χ4n) is 4.12. The Kier molecular flexibility index (Phi) is 6.31. The van der Waals surface area contributed by atoms with Crippen molar-refractivity contribution in [2.75, 3.05) is 6.61 Å². The first-order valence-corrected chi connectivity index (χ1v) is 10.0. The van der Waals surface area contributed by atoms with E-state index in [-0.39, 0.29) is 18.7 Å². The molecule has 0 spiro atoms. The maximum atomic E-state index is 12.1. The zero-order chi connectivity index (χ0) is 21.3.